The van der Waals surface area contributed by atoms with Crippen LogP contribution in [-0.4, -0.2) is 33.3 Å². The van der Waals surface area contributed by atoms with E-state index < -0.39 is 0 Å². The Bertz CT molecular complexity index is 600. The van der Waals surface area contributed by atoms with Gasteiger partial charge in [0.15, 0.2) is 5.96 Å². The Kier molecular flexibility index (Phi) is 7.42. The van der Waals surface area contributed by atoms with E-state index in [-0.39, 0.29) is 0 Å². The first-order chi connectivity index (χ1) is 11.3. The molecule has 0 bridgehead atoms. The van der Waals surface area contributed by atoms with Crippen molar-refractivity contribution in [2.24, 2.45) is 4.99 Å². The van der Waals surface area contributed by atoms with E-state index in [0.29, 0.717) is 19.8 Å². The highest BCUT2D eigenvalue weighted by molar-refractivity contribution is 7.09. The lowest BCUT2D eigenvalue weighted by molar-refractivity contribution is 0.123. The summed E-state index contributed by atoms with van der Waals surface area (Å²) in [4.78, 5) is 5.47. The predicted molar refractivity (Wildman–Crippen MR) is 95.2 cm³/mol. The molecule has 0 spiro atoms. The molecular weight excluding hydrogens is 310 g/mol. The largest absolute Gasteiger partial charge is 0.496 e. The molecule has 23 heavy (non-hydrogen) atoms. The third-order valence-electron chi connectivity index (χ3n) is 3.22. The van der Waals surface area contributed by atoms with Crippen LogP contribution in [0.3, 0.4) is 0 Å². The Morgan fingerprint density at radius 3 is 2.78 bits per heavy atom. The molecule has 0 aliphatic heterocycles. The highest BCUT2D eigenvalue weighted by Gasteiger charge is 2.02. The van der Waals surface area contributed by atoms with Gasteiger partial charge in [0.2, 0.25) is 0 Å². The number of rotatable bonds is 8. The van der Waals surface area contributed by atoms with Gasteiger partial charge in [-0.25, -0.2) is 0 Å². The van der Waals surface area contributed by atoms with Crippen LogP contribution < -0.4 is 15.4 Å². The van der Waals surface area contributed by atoms with Gasteiger partial charge in [0.1, 0.15) is 5.75 Å². The SMILES string of the molecule is CN=C(NCCOCc1ccccc1OC)NCc1cccs1. The molecule has 0 atom stereocenters. The topological polar surface area (TPSA) is 54.9 Å². The number of nitrogens with one attached hydrogen (secondary N) is 2. The van der Waals surface area contributed by atoms with Gasteiger partial charge < -0.3 is 20.1 Å². The summed E-state index contributed by atoms with van der Waals surface area (Å²) in [6.45, 7) is 2.60. The Balaban J connectivity index is 1.64. The van der Waals surface area contributed by atoms with Gasteiger partial charge in [-0.1, -0.05) is 24.3 Å². The zero-order valence-corrected chi connectivity index (χ0v) is 14.4. The van der Waals surface area contributed by atoms with E-state index in [1.165, 1.54) is 4.88 Å². The lowest BCUT2D eigenvalue weighted by Crippen LogP contribution is -2.38. The van der Waals surface area contributed by atoms with Crippen LogP contribution in [0.5, 0.6) is 5.75 Å². The molecule has 6 heteroatoms. The molecule has 0 unspecified atom stereocenters. The minimum Gasteiger partial charge on any atom is -0.496 e. The molecule has 0 amide bonds. The number of thiophene rings is 1. The summed E-state index contributed by atoms with van der Waals surface area (Å²) in [5.74, 6) is 1.63. The lowest BCUT2D eigenvalue weighted by Gasteiger charge is -2.12. The molecule has 2 aromatic rings. The minimum atomic E-state index is 0.535. The van der Waals surface area contributed by atoms with Crippen molar-refractivity contribution in [3.05, 3.63) is 52.2 Å². The summed E-state index contributed by atoms with van der Waals surface area (Å²) >= 11 is 1.73. The van der Waals surface area contributed by atoms with Gasteiger partial charge in [-0.15, -0.1) is 11.3 Å². The van der Waals surface area contributed by atoms with Crippen molar-refractivity contribution in [2.45, 2.75) is 13.2 Å². The number of hydrogen-bond donors (Lipinski definition) is 2. The number of methoxy groups -OCH3 is 1. The maximum absolute atomic E-state index is 5.68. The summed E-state index contributed by atoms with van der Waals surface area (Å²) < 4.78 is 11.0. The zero-order valence-electron chi connectivity index (χ0n) is 13.5. The Labute approximate surface area is 141 Å². The molecule has 1 aromatic heterocycles. The molecule has 1 aromatic carbocycles. The quantitative estimate of drug-likeness (QED) is 0.443. The average molecular weight is 333 g/mol. The number of nitrogens with zero attached hydrogens (tertiary/aromatic N) is 1. The van der Waals surface area contributed by atoms with E-state index in [2.05, 4.69) is 27.1 Å². The summed E-state index contributed by atoms with van der Waals surface area (Å²) in [5, 5.41) is 8.57. The second-order valence-corrected chi connectivity index (χ2v) is 5.83. The van der Waals surface area contributed by atoms with Gasteiger partial charge in [0, 0.05) is 24.0 Å². The van der Waals surface area contributed by atoms with Gasteiger partial charge in [-0.05, 0) is 17.5 Å². The fraction of sp³-hybridized carbons (Fsp3) is 0.353. The Hall–Kier alpha value is -2.05. The summed E-state index contributed by atoms with van der Waals surface area (Å²) in [5.41, 5.74) is 1.05. The molecule has 0 saturated heterocycles. The van der Waals surface area contributed by atoms with Crippen LogP contribution in [0, 0.1) is 0 Å². The van der Waals surface area contributed by atoms with Crippen LogP contribution >= 0.6 is 11.3 Å². The average Bonchev–Trinajstić information content (AvgIpc) is 3.11. The van der Waals surface area contributed by atoms with Crippen LogP contribution in [0.25, 0.3) is 0 Å². The molecule has 0 aliphatic rings. The highest BCUT2D eigenvalue weighted by atomic mass is 32.1. The molecule has 0 aliphatic carbocycles. The van der Waals surface area contributed by atoms with Crippen molar-refractivity contribution in [3.8, 4) is 5.75 Å². The first-order valence-electron chi connectivity index (χ1n) is 7.50. The van der Waals surface area contributed by atoms with Crippen LogP contribution in [-0.2, 0) is 17.9 Å². The van der Waals surface area contributed by atoms with Crippen LogP contribution in [0.15, 0.2) is 46.8 Å². The van der Waals surface area contributed by atoms with Crippen molar-refractivity contribution < 1.29 is 9.47 Å². The van der Waals surface area contributed by atoms with E-state index in [1.807, 2.05) is 30.3 Å². The maximum Gasteiger partial charge on any atom is 0.191 e. The first kappa shape index (κ1) is 17.3. The molecule has 2 rings (SSSR count). The normalized spacial score (nSPS) is 11.3. The molecule has 2 N–H and O–H groups in total. The van der Waals surface area contributed by atoms with Crippen LogP contribution in [0.4, 0.5) is 0 Å². The highest BCUT2D eigenvalue weighted by Crippen LogP contribution is 2.17. The van der Waals surface area contributed by atoms with E-state index in [0.717, 1.165) is 23.8 Å². The molecule has 0 fully saturated rings. The molecule has 1 heterocycles. The summed E-state index contributed by atoms with van der Waals surface area (Å²) in [6.07, 6.45) is 0. The van der Waals surface area contributed by atoms with Crippen molar-refractivity contribution in [1.82, 2.24) is 10.6 Å². The first-order valence-corrected chi connectivity index (χ1v) is 8.38. The van der Waals surface area contributed by atoms with Gasteiger partial charge in [-0.3, -0.25) is 4.99 Å². The number of hydrogen-bond acceptors (Lipinski definition) is 4. The zero-order chi connectivity index (χ0) is 16.3. The van der Waals surface area contributed by atoms with E-state index in [9.17, 15) is 0 Å². The number of aliphatic imine (C=N–C) groups is 1. The Morgan fingerprint density at radius 1 is 1.17 bits per heavy atom. The number of benzene rings is 1. The fourth-order valence-electron chi connectivity index (χ4n) is 2.05. The fourth-order valence-corrected chi connectivity index (χ4v) is 2.70. The molecule has 0 saturated carbocycles. The second kappa shape index (κ2) is 9.86. The standard InChI is InChI=1S/C17H23N3O2S/c1-18-17(20-12-15-7-5-11-23-15)19-9-10-22-13-14-6-3-4-8-16(14)21-2/h3-8,11H,9-10,12-13H2,1-2H3,(H2,18,19,20). The van der Waals surface area contributed by atoms with E-state index >= 15 is 0 Å². The maximum atomic E-state index is 5.68. The number of para-hydroxylation sites is 1. The van der Waals surface area contributed by atoms with Crippen LogP contribution in [0.1, 0.15) is 10.4 Å². The molecule has 0 radical (unpaired) electrons. The van der Waals surface area contributed by atoms with Crippen molar-refractivity contribution in [1.29, 1.82) is 0 Å². The smallest absolute Gasteiger partial charge is 0.191 e. The van der Waals surface area contributed by atoms with Crippen molar-refractivity contribution in [3.63, 3.8) is 0 Å². The number of ether oxygens (including phenoxy) is 2. The molecule has 124 valence electrons. The second-order valence-electron chi connectivity index (χ2n) is 4.80. The number of guanidine groups is 1. The van der Waals surface area contributed by atoms with Crippen LogP contribution in [0.2, 0.25) is 0 Å². The predicted octanol–water partition coefficient (Wildman–Crippen LogP) is 2.64. The van der Waals surface area contributed by atoms with Gasteiger partial charge in [0.25, 0.3) is 0 Å². The summed E-state index contributed by atoms with van der Waals surface area (Å²) in [7, 11) is 3.43. The Morgan fingerprint density at radius 2 is 2.04 bits per heavy atom. The van der Waals surface area contributed by atoms with Gasteiger partial charge >= 0.3 is 0 Å². The third kappa shape index (κ3) is 5.92. The monoisotopic (exact) mass is 333 g/mol. The van der Waals surface area contributed by atoms with E-state index in [4.69, 9.17) is 9.47 Å². The van der Waals surface area contributed by atoms with Crippen molar-refractivity contribution >= 4 is 17.3 Å². The molecular formula is C17H23N3O2S. The molecule has 5 nitrogen and oxygen atoms in total. The lowest BCUT2D eigenvalue weighted by atomic mass is 10.2. The van der Waals surface area contributed by atoms with E-state index in [1.54, 1.807) is 25.5 Å². The summed E-state index contributed by atoms with van der Waals surface area (Å²) in [6, 6.07) is 12.0. The van der Waals surface area contributed by atoms with Gasteiger partial charge in [-0.2, -0.15) is 0 Å². The van der Waals surface area contributed by atoms with Gasteiger partial charge in [0.05, 0.1) is 26.9 Å². The third-order valence-corrected chi connectivity index (χ3v) is 4.10. The minimum absolute atomic E-state index is 0.535. The van der Waals surface area contributed by atoms with Crippen molar-refractivity contribution in [2.75, 3.05) is 27.3 Å².